The molecule has 0 bridgehead atoms. The number of primary amides is 1. The number of carbonyl (C=O) groups excluding carboxylic acids is 1. The lowest BCUT2D eigenvalue weighted by Crippen LogP contribution is -2.38. The second kappa shape index (κ2) is 9.22. The summed E-state index contributed by atoms with van der Waals surface area (Å²) in [4.78, 5) is 15.9. The molecule has 2 heterocycles. The van der Waals surface area contributed by atoms with E-state index in [0.29, 0.717) is 24.0 Å². The zero-order chi connectivity index (χ0) is 26.3. The van der Waals surface area contributed by atoms with Gasteiger partial charge in [-0.3, -0.25) is 4.79 Å². The zero-order valence-corrected chi connectivity index (χ0v) is 19.5. The third-order valence-electron chi connectivity index (χ3n) is 5.77. The van der Waals surface area contributed by atoms with Crippen LogP contribution in [0.5, 0.6) is 5.75 Å². The number of amides is 1. The summed E-state index contributed by atoms with van der Waals surface area (Å²) in [6.45, 7) is 5.58. The highest BCUT2D eigenvalue weighted by Crippen LogP contribution is 2.39. The molecule has 0 saturated carbocycles. The van der Waals surface area contributed by atoms with Crippen molar-refractivity contribution >= 4 is 29.0 Å². The van der Waals surface area contributed by atoms with Gasteiger partial charge in [0.2, 0.25) is 5.95 Å². The first-order chi connectivity index (χ1) is 16.9. The van der Waals surface area contributed by atoms with E-state index in [-0.39, 0.29) is 11.4 Å². The van der Waals surface area contributed by atoms with Crippen LogP contribution in [0.15, 0.2) is 30.3 Å². The third kappa shape index (κ3) is 4.87. The molecule has 0 fully saturated rings. The predicted octanol–water partition coefficient (Wildman–Crippen LogP) is 4.01. The summed E-state index contributed by atoms with van der Waals surface area (Å²) < 4.78 is 60.3. The SMILES string of the molecule is COc1cc2c(cc1Nc1nnc(C(N)=O)c(Nc3c(F)cccc3C(F)(F)F)n1)CNCC2(C)C. The Hall–Kier alpha value is -4.00. The van der Waals surface area contributed by atoms with E-state index in [1.807, 2.05) is 12.1 Å². The van der Waals surface area contributed by atoms with Crippen LogP contribution >= 0.6 is 0 Å². The number of para-hydroxylation sites is 1. The van der Waals surface area contributed by atoms with Crippen molar-refractivity contribution in [2.24, 2.45) is 5.73 Å². The maximum absolute atomic E-state index is 14.4. The molecule has 3 aromatic rings. The summed E-state index contributed by atoms with van der Waals surface area (Å²) in [6, 6.07) is 6.17. The van der Waals surface area contributed by atoms with E-state index in [9.17, 15) is 22.4 Å². The molecule has 4 rings (SSSR count). The summed E-state index contributed by atoms with van der Waals surface area (Å²) in [5.74, 6) is -2.55. The summed E-state index contributed by atoms with van der Waals surface area (Å²) >= 11 is 0. The third-order valence-corrected chi connectivity index (χ3v) is 5.77. The monoisotopic (exact) mass is 505 g/mol. The van der Waals surface area contributed by atoms with Crippen molar-refractivity contribution in [1.82, 2.24) is 20.5 Å². The van der Waals surface area contributed by atoms with Gasteiger partial charge in [-0.1, -0.05) is 19.9 Å². The van der Waals surface area contributed by atoms with Gasteiger partial charge in [-0.2, -0.15) is 18.2 Å². The highest BCUT2D eigenvalue weighted by atomic mass is 19.4. The summed E-state index contributed by atoms with van der Waals surface area (Å²) in [5.41, 5.74) is 4.90. The summed E-state index contributed by atoms with van der Waals surface area (Å²) in [6.07, 6.45) is -4.88. The van der Waals surface area contributed by atoms with Gasteiger partial charge >= 0.3 is 6.18 Å². The quantitative estimate of drug-likeness (QED) is 0.370. The fourth-order valence-corrected chi connectivity index (χ4v) is 4.03. The number of nitrogens with zero attached hydrogens (tertiary/aromatic N) is 3. The van der Waals surface area contributed by atoms with Crippen molar-refractivity contribution in [2.75, 3.05) is 24.3 Å². The van der Waals surface area contributed by atoms with E-state index >= 15 is 0 Å². The Kier molecular flexibility index (Phi) is 6.43. The second-order valence-electron chi connectivity index (χ2n) is 8.80. The number of hydrogen-bond acceptors (Lipinski definition) is 8. The van der Waals surface area contributed by atoms with Crippen molar-refractivity contribution < 1.29 is 27.1 Å². The number of anilines is 4. The highest BCUT2D eigenvalue weighted by Gasteiger charge is 2.35. The molecule has 0 unspecified atom stereocenters. The first kappa shape index (κ1) is 25.1. The molecule has 0 atom stereocenters. The van der Waals surface area contributed by atoms with Gasteiger partial charge in [0.25, 0.3) is 5.91 Å². The van der Waals surface area contributed by atoms with Crippen LogP contribution < -0.4 is 26.4 Å². The molecule has 1 aromatic heterocycles. The van der Waals surface area contributed by atoms with Crippen molar-refractivity contribution in [1.29, 1.82) is 0 Å². The van der Waals surface area contributed by atoms with Crippen LogP contribution in [-0.4, -0.2) is 34.7 Å². The molecular formula is C23H23F4N7O2. The van der Waals surface area contributed by atoms with E-state index in [0.717, 1.165) is 29.8 Å². The molecule has 190 valence electrons. The molecule has 0 radical (unpaired) electrons. The highest BCUT2D eigenvalue weighted by molar-refractivity contribution is 5.96. The standard InChI is InChI=1S/C23H23F4N7O2/c1-22(2)10-29-9-11-7-15(16(36-3)8-13(11)22)30-21-32-20(18(19(28)35)33-34-21)31-17-12(23(25,26)27)5-4-6-14(17)24/h4-8,29H,9-10H2,1-3H3,(H2,28,35)(H2,30,31,32,34). The van der Waals surface area contributed by atoms with Crippen molar-refractivity contribution in [3.05, 3.63) is 58.5 Å². The Morgan fingerprint density at radius 2 is 1.94 bits per heavy atom. The van der Waals surface area contributed by atoms with Gasteiger partial charge in [0.1, 0.15) is 11.6 Å². The Bertz CT molecular complexity index is 1330. The molecule has 0 aliphatic carbocycles. The molecule has 36 heavy (non-hydrogen) atoms. The second-order valence-corrected chi connectivity index (χ2v) is 8.80. The Balaban J connectivity index is 1.75. The Morgan fingerprint density at radius 1 is 1.19 bits per heavy atom. The number of ether oxygens (including phenoxy) is 1. The van der Waals surface area contributed by atoms with Gasteiger partial charge in [0.15, 0.2) is 11.5 Å². The van der Waals surface area contributed by atoms with Crippen LogP contribution in [0.25, 0.3) is 0 Å². The van der Waals surface area contributed by atoms with Crippen molar-refractivity contribution in [3.63, 3.8) is 0 Å². The molecule has 1 aliphatic rings. The van der Waals surface area contributed by atoms with E-state index in [2.05, 4.69) is 45.0 Å². The minimum absolute atomic E-state index is 0.145. The molecule has 13 heteroatoms. The fraction of sp³-hybridized carbons (Fsp3) is 0.304. The average molecular weight is 505 g/mol. The van der Waals surface area contributed by atoms with Crippen LogP contribution in [0, 0.1) is 5.82 Å². The molecular weight excluding hydrogens is 482 g/mol. The van der Waals surface area contributed by atoms with Gasteiger partial charge in [0, 0.05) is 18.5 Å². The number of hydrogen-bond donors (Lipinski definition) is 4. The number of methoxy groups -OCH3 is 1. The number of benzene rings is 2. The number of rotatable bonds is 6. The fourth-order valence-electron chi connectivity index (χ4n) is 4.03. The molecule has 0 spiro atoms. The van der Waals surface area contributed by atoms with E-state index in [1.54, 1.807) is 0 Å². The Morgan fingerprint density at radius 3 is 2.61 bits per heavy atom. The predicted molar refractivity (Wildman–Crippen MR) is 124 cm³/mol. The first-order valence-electron chi connectivity index (χ1n) is 10.8. The number of fused-ring (bicyclic) bond motifs is 1. The van der Waals surface area contributed by atoms with E-state index < -0.39 is 40.7 Å². The average Bonchev–Trinajstić information content (AvgIpc) is 2.79. The van der Waals surface area contributed by atoms with Crippen molar-refractivity contribution in [3.8, 4) is 5.75 Å². The van der Waals surface area contributed by atoms with Gasteiger partial charge in [-0.25, -0.2) is 4.39 Å². The van der Waals surface area contributed by atoms with Crippen LogP contribution in [0.1, 0.15) is 41.0 Å². The van der Waals surface area contributed by atoms with Crippen LogP contribution in [-0.2, 0) is 18.1 Å². The molecule has 2 aromatic carbocycles. The van der Waals surface area contributed by atoms with Crippen molar-refractivity contribution in [2.45, 2.75) is 32.0 Å². The molecule has 9 nitrogen and oxygen atoms in total. The van der Waals surface area contributed by atoms with Gasteiger partial charge in [0.05, 0.1) is 24.0 Å². The lowest BCUT2D eigenvalue weighted by molar-refractivity contribution is -0.137. The van der Waals surface area contributed by atoms with Gasteiger partial charge in [-0.05, 0) is 35.4 Å². The number of carbonyl (C=O) groups is 1. The number of alkyl halides is 3. The largest absolute Gasteiger partial charge is 0.495 e. The Labute approximate surface area is 203 Å². The molecule has 1 amide bonds. The van der Waals surface area contributed by atoms with Crippen LogP contribution in [0.4, 0.5) is 40.7 Å². The smallest absolute Gasteiger partial charge is 0.418 e. The minimum Gasteiger partial charge on any atom is -0.495 e. The van der Waals surface area contributed by atoms with Gasteiger partial charge < -0.3 is 26.4 Å². The molecule has 0 saturated heterocycles. The normalized spacial score (nSPS) is 14.6. The lowest BCUT2D eigenvalue weighted by Gasteiger charge is -2.34. The van der Waals surface area contributed by atoms with Gasteiger partial charge in [-0.15, -0.1) is 10.2 Å². The summed E-state index contributed by atoms with van der Waals surface area (Å²) in [7, 11) is 1.49. The zero-order valence-electron chi connectivity index (χ0n) is 19.5. The van der Waals surface area contributed by atoms with Crippen LogP contribution in [0.2, 0.25) is 0 Å². The number of halogens is 4. The number of nitrogens with one attached hydrogen (secondary N) is 3. The number of aromatic nitrogens is 3. The number of nitrogens with two attached hydrogens (primary N) is 1. The molecule has 1 aliphatic heterocycles. The first-order valence-corrected chi connectivity index (χ1v) is 10.8. The maximum atomic E-state index is 14.4. The maximum Gasteiger partial charge on any atom is 0.418 e. The van der Waals surface area contributed by atoms with E-state index in [4.69, 9.17) is 10.5 Å². The van der Waals surface area contributed by atoms with E-state index in [1.165, 1.54) is 7.11 Å². The van der Waals surface area contributed by atoms with Crippen LogP contribution in [0.3, 0.4) is 0 Å². The lowest BCUT2D eigenvalue weighted by atomic mass is 9.79. The minimum atomic E-state index is -4.88. The molecule has 5 N–H and O–H groups in total. The summed E-state index contributed by atoms with van der Waals surface area (Å²) in [5, 5.41) is 16.0. The topological polar surface area (TPSA) is 127 Å².